The maximum absolute atomic E-state index is 11.3. The van der Waals surface area contributed by atoms with Crippen molar-refractivity contribution < 1.29 is 5.11 Å². The first-order valence-electron chi connectivity index (χ1n) is 9.52. The van der Waals surface area contributed by atoms with Crippen LogP contribution in [-0.4, -0.2) is 24.7 Å². The molecule has 6 heteroatoms. The van der Waals surface area contributed by atoms with Crippen molar-refractivity contribution in [2.24, 2.45) is 0 Å². The topological polar surface area (TPSA) is 55.9 Å². The van der Waals surface area contributed by atoms with Gasteiger partial charge in [0.1, 0.15) is 5.75 Å². The Hall–Kier alpha value is -2.99. The molecule has 0 atom stereocenters. The molecule has 0 aliphatic carbocycles. The van der Waals surface area contributed by atoms with Crippen molar-refractivity contribution in [2.45, 2.75) is 42.1 Å². The highest BCUT2D eigenvalue weighted by molar-refractivity contribution is 7.99. The Morgan fingerprint density at radius 3 is 2.03 bits per heavy atom. The van der Waals surface area contributed by atoms with Gasteiger partial charge in [-0.2, -0.15) is 10.2 Å². The van der Waals surface area contributed by atoms with Crippen LogP contribution in [0.1, 0.15) is 38.1 Å². The molecule has 4 rings (SSSR count). The maximum Gasteiger partial charge on any atom is 0.172 e. The van der Waals surface area contributed by atoms with Gasteiger partial charge in [0.15, 0.2) is 6.17 Å². The SMILES string of the molecule is CC(C)(C)c1cc(Sc2ccccc2)c(O)c(C(n2cccn2)n2cccn2)c1. The minimum absolute atomic E-state index is 0.0762. The molecule has 0 fully saturated rings. The average molecular weight is 405 g/mol. The summed E-state index contributed by atoms with van der Waals surface area (Å²) in [6.45, 7) is 6.53. The molecular weight excluding hydrogens is 380 g/mol. The first-order chi connectivity index (χ1) is 13.9. The van der Waals surface area contributed by atoms with E-state index in [1.807, 2.05) is 64.2 Å². The third-order valence-electron chi connectivity index (χ3n) is 4.77. The van der Waals surface area contributed by atoms with Gasteiger partial charge in [-0.25, -0.2) is 9.36 Å². The van der Waals surface area contributed by atoms with Gasteiger partial charge < -0.3 is 5.11 Å². The molecule has 0 saturated carbocycles. The Morgan fingerprint density at radius 2 is 1.52 bits per heavy atom. The standard InChI is InChI=1S/C23H24N4OS/c1-23(2,3)17-15-19(21(28)20(16-17)29-18-9-5-4-6-10-18)22(26-13-7-11-24-26)27-14-8-12-25-27/h4-16,22,28H,1-3H3. The maximum atomic E-state index is 11.3. The molecule has 2 aromatic carbocycles. The molecule has 0 bridgehead atoms. The van der Waals surface area contributed by atoms with Crippen molar-refractivity contribution in [3.05, 3.63) is 90.5 Å². The smallest absolute Gasteiger partial charge is 0.172 e. The quantitative estimate of drug-likeness (QED) is 0.488. The van der Waals surface area contributed by atoms with E-state index in [1.165, 1.54) is 0 Å². The van der Waals surface area contributed by atoms with Crippen LogP contribution in [-0.2, 0) is 5.41 Å². The summed E-state index contributed by atoms with van der Waals surface area (Å²) >= 11 is 1.56. The first-order valence-corrected chi connectivity index (χ1v) is 10.3. The highest BCUT2D eigenvalue weighted by Gasteiger charge is 2.26. The van der Waals surface area contributed by atoms with E-state index in [4.69, 9.17) is 0 Å². The van der Waals surface area contributed by atoms with Gasteiger partial charge in [-0.1, -0.05) is 50.7 Å². The zero-order valence-electron chi connectivity index (χ0n) is 16.7. The van der Waals surface area contributed by atoms with Gasteiger partial charge >= 0.3 is 0 Å². The van der Waals surface area contributed by atoms with Gasteiger partial charge in [0.2, 0.25) is 0 Å². The largest absolute Gasteiger partial charge is 0.506 e. The molecule has 1 N–H and O–H groups in total. The molecule has 0 saturated heterocycles. The molecule has 0 aliphatic heterocycles. The molecular formula is C23H24N4OS. The fraction of sp³-hybridized carbons (Fsp3) is 0.217. The fourth-order valence-electron chi connectivity index (χ4n) is 3.21. The number of hydrogen-bond donors (Lipinski definition) is 1. The van der Waals surface area contributed by atoms with Crippen LogP contribution in [0.15, 0.2) is 89.2 Å². The van der Waals surface area contributed by atoms with Crippen molar-refractivity contribution >= 4 is 11.8 Å². The van der Waals surface area contributed by atoms with Crippen LogP contribution >= 0.6 is 11.8 Å². The van der Waals surface area contributed by atoms with E-state index in [9.17, 15) is 5.11 Å². The van der Waals surface area contributed by atoms with E-state index in [1.54, 1.807) is 24.2 Å². The highest BCUT2D eigenvalue weighted by Crippen LogP contribution is 2.42. The fourth-order valence-corrected chi connectivity index (χ4v) is 4.16. The Labute approximate surface area is 175 Å². The molecule has 0 radical (unpaired) electrons. The van der Waals surface area contributed by atoms with E-state index >= 15 is 0 Å². The molecule has 0 aliphatic rings. The van der Waals surface area contributed by atoms with Gasteiger partial charge in [-0.3, -0.25) is 0 Å². The summed E-state index contributed by atoms with van der Waals surface area (Å²) < 4.78 is 3.62. The number of benzene rings is 2. The van der Waals surface area contributed by atoms with Crippen LogP contribution in [0.4, 0.5) is 0 Å². The minimum Gasteiger partial charge on any atom is -0.506 e. The number of aromatic hydroxyl groups is 1. The number of aromatic nitrogens is 4. The molecule has 0 unspecified atom stereocenters. The molecule has 4 aromatic rings. The zero-order valence-corrected chi connectivity index (χ0v) is 17.5. The summed E-state index contributed by atoms with van der Waals surface area (Å²) in [5.74, 6) is 0.253. The predicted octanol–water partition coefficient (Wildman–Crippen LogP) is 5.33. The van der Waals surface area contributed by atoms with E-state index in [0.717, 1.165) is 20.9 Å². The van der Waals surface area contributed by atoms with Gasteiger partial charge in [-0.05, 0) is 47.4 Å². The van der Waals surface area contributed by atoms with E-state index in [0.29, 0.717) is 0 Å². The van der Waals surface area contributed by atoms with Crippen molar-refractivity contribution in [3.8, 4) is 5.75 Å². The van der Waals surface area contributed by atoms with Crippen LogP contribution in [0, 0.1) is 0 Å². The first kappa shape index (κ1) is 19.3. The van der Waals surface area contributed by atoms with Crippen LogP contribution in [0.25, 0.3) is 0 Å². The second-order valence-electron chi connectivity index (χ2n) is 7.92. The normalized spacial score (nSPS) is 11.9. The lowest BCUT2D eigenvalue weighted by atomic mass is 9.85. The lowest BCUT2D eigenvalue weighted by Crippen LogP contribution is -2.22. The number of nitrogens with zero attached hydrogens (tertiary/aromatic N) is 4. The molecule has 2 heterocycles. The average Bonchev–Trinajstić information content (AvgIpc) is 3.39. The predicted molar refractivity (Wildman–Crippen MR) is 115 cm³/mol. The minimum atomic E-state index is -0.377. The van der Waals surface area contributed by atoms with Crippen molar-refractivity contribution in [2.75, 3.05) is 0 Å². The van der Waals surface area contributed by atoms with Gasteiger partial charge in [-0.15, -0.1) is 0 Å². The molecule has 2 aromatic heterocycles. The number of phenols is 1. The van der Waals surface area contributed by atoms with Crippen LogP contribution in [0.3, 0.4) is 0 Å². The second kappa shape index (κ2) is 7.79. The number of phenolic OH excluding ortho intramolecular Hbond substituents is 1. The second-order valence-corrected chi connectivity index (χ2v) is 9.04. The number of hydrogen-bond acceptors (Lipinski definition) is 4. The zero-order chi connectivity index (χ0) is 20.4. The lowest BCUT2D eigenvalue weighted by Gasteiger charge is -2.26. The van der Waals surface area contributed by atoms with Crippen molar-refractivity contribution in [3.63, 3.8) is 0 Å². The summed E-state index contributed by atoms with van der Waals surface area (Å²) in [4.78, 5) is 1.90. The lowest BCUT2D eigenvalue weighted by molar-refractivity contribution is 0.385. The van der Waals surface area contributed by atoms with Crippen LogP contribution in [0.5, 0.6) is 5.75 Å². The van der Waals surface area contributed by atoms with Crippen molar-refractivity contribution in [1.82, 2.24) is 19.6 Å². The van der Waals surface area contributed by atoms with Crippen LogP contribution < -0.4 is 0 Å². The van der Waals surface area contributed by atoms with Gasteiger partial charge in [0, 0.05) is 35.2 Å². The Bertz CT molecular complexity index is 1030. The Kier molecular flexibility index (Phi) is 5.20. The molecule has 29 heavy (non-hydrogen) atoms. The third-order valence-corrected chi connectivity index (χ3v) is 5.81. The molecule has 148 valence electrons. The van der Waals surface area contributed by atoms with Crippen molar-refractivity contribution in [1.29, 1.82) is 0 Å². The van der Waals surface area contributed by atoms with Gasteiger partial charge in [0.05, 0.1) is 4.90 Å². The van der Waals surface area contributed by atoms with E-state index in [2.05, 4.69) is 43.1 Å². The van der Waals surface area contributed by atoms with Gasteiger partial charge in [0.25, 0.3) is 0 Å². The summed E-state index contributed by atoms with van der Waals surface area (Å²) in [5, 5.41) is 20.2. The highest BCUT2D eigenvalue weighted by atomic mass is 32.2. The summed E-state index contributed by atoms with van der Waals surface area (Å²) in [7, 11) is 0. The summed E-state index contributed by atoms with van der Waals surface area (Å²) in [5.41, 5.74) is 1.84. The van der Waals surface area contributed by atoms with E-state index < -0.39 is 0 Å². The molecule has 5 nitrogen and oxygen atoms in total. The molecule has 0 spiro atoms. The van der Waals surface area contributed by atoms with Crippen LogP contribution in [0.2, 0.25) is 0 Å². The monoisotopic (exact) mass is 404 g/mol. The number of rotatable bonds is 5. The Balaban J connectivity index is 1.90. The molecule has 0 amide bonds. The third kappa shape index (κ3) is 4.07. The summed E-state index contributed by atoms with van der Waals surface area (Å²) in [6.07, 6.45) is 6.87. The summed E-state index contributed by atoms with van der Waals surface area (Å²) in [6, 6.07) is 18.0. The van der Waals surface area contributed by atoms with E-state index in [-0.39, 0.29) is 17.3 Å². The Morgan fingerprint density at radius 1 is 0.897 bits per heavy atom.